The van der Waals surface area contributed by atoms with E-state index in [9.17, 15) is 0 Å². The summed E-state index contributed by atoms with van der Waals surface area (Å²) in [7, 11) is 0. The van der Waals surface area contributed by atoms with Crippen LogP contribution < -0.4 is 0 Å². The van der Waals surface area contributed by atoms with Crippen molar-refractivity contribution < 1.29 is 0 Å². The Kier molecular flexibility index (Phi) is 4.49. The second-order valence-corrected chi connectivity index (χ2v) is 13.2. The molecule has 8 aromatic carbocycles. The highest BCUT2D eigenvalue weighted by atomic mass is 32.1. The molecular formula is C42H24N2S. The number of nitrogens with one attached hydrogen (secondary N) is 1. The van der Waals surface area contributed by atoms with Gasteiger partial charge in [-0.3, -0.25) is 0 Å². The second kappa shape index (κ2) is 8.50. The third-order valence-corrected chi connectivity index (χ3v) is 11.0. The predicted molar refractivity (Wildman–Crippen MR) is 196 cm³/mol. The third kappa shape index (κ3) is 2.98. The van der Waals surface area contributed by atoms with E-state index in [0.29, 0.717) is 0 Å². The molecule has 0 amide bonds. The zero-order chi connectivity index (χ0) is 29.2. The van der Waals surface area contributed by atoms with Crippen LogP contribution in [0.5, 0.6) is 0 Å². The van der Waals surface area contributed by atoms with Crippen LogP contribution in [0.4, 0.5) is 0 Å². The van der Waals surface area contributed by atoms with Gasteiger partial charge in [0.05, 0.1) is 16.6 Å². The summed E-state index contributed by atoms with van der Waals surface area (Å²) in [4.78, 5) is 3.84. The van der Waals surface area contributed by atoms with Gasteiger partial charge in [-0.05, 0) is 52.6 Å². The fourth-order valence-electron chi connectivity index (χ4n) is 8.09. The molecule has 1 N–H and O–H groups in total. The smallest absolute Gasteiger partial charge is 0.0626 e. The Bertz CT molecular complexity index is 3040. The number of hydrogen-bond donors (Lipinski definition) is 1. The van der Waals surface area contributed by atoms with Gasteiger partial charge in [-0.25, -0.2) is 0 Å². The Labute approximate surface area is 261 Å². The lowest BCUT2D eigenvalue weighted by molar-refractivity contribution is 1.19. The summed E-state index contributed by atoms with van der Waals surface area (Å²) in [5.41, 5.74) is 6.06. The number of aromatic amines is 1. The highest BCUT2D eigenvalue weighted by Crippen LogP contribution is 2.49. The fourth-order valence-corrected chi connectivity index (χ4v) is 9.18. The van der Waals surface area contributed by atoms with Crippen LogP contribution in [0.15, 0.2) is 140 Å². The monoisotopic (exact) mass is 588 g/mol. The number of nitrogens with zero attached hydrogens (tertiary/aromatic N) is 1. The lowest BCUT2D eigenvalue weighted by Gasteiger charge is -2.15. The number of aromatic nitrogens is 2. The van der Waals surface area contributed by atoms with Crippen molar-refractivity contribution in [3.05, 3.63) is 140 Å². The van der Waals surface area contributed by atoms with Gasteiger partial charge in [0.25, 0.3) is 0 Å². The molecule has 45 heavy (non-hydrogen) atoms. The first kappa shape index (κ1) is 23.8. The standard InChI is InChI=1S/C42H24N2S/c1-3-14-28-26(12-1)37-27-13-2-4-15-29(27)42-39(40(37)38-30-16-5-8-18-33(30)43-41(28)38)31-17-6-9-19-34(31)44(42)24-21-22-36-32(23-24)25-11-7-10-20-35(25)45-36/h1-23,43H. The van der Waals surface area contributed by atoms with Gasteiger partial charge >= 0.3 is 0 Å². The molecule has 0 fully saturated rings. The number of thiophene rings is 1. The van der Waals surface area contributed by atoms with E-state index in [4.69, 9.17) is 0 Å². The molecule has 0 unspecified atom stereocenters. The van der Waals surface area contributed by atoms with Crippen LogP contribution in [0, 0.1) is 0 Å². The van der Waals surface area contributed by atoms with E-state index in [1.165, 1.54) is 102 Å². The first-order chi connectivity index (χ1) is 22.3. The molecule has 0 saturated heterocycles. The molecule has 0 aliphatic carbocycles. The van der Waals surface area contributed by atoms with E-state index in [0.717, 1.165) is 0 Å². The van der Waals surface area contributed by atoms with Gasteiger partial charge < -0.3 is 9.55 Å². The van der Waals surface area contributed by atoms with Gasteiger partial charge in [-0.1, -0.05) is 103 Å². The quantitative estimate of drug-likeness (QED) is 0.184. The van der Waals surface area contributed by atoms with Gasteiger partial charge in [0, 0.05) is 69.1 Å². The lowest BCUT2D eigenvalue weighted by atomic mass is 9.89. The number of benzene rings is 8. The van der Waals surface area contributed by atoms with Crippen molar-refractivity contribution in [3.63, 3.8) is 0 Å². The van der Waals surface area contributed by atoms with Gasteiger partial charge in [0.1, 0.15) is 0 Å². The first-order valence-corrected chi connectivity index (χ1v) is 16.3. The van der Waals surface area contributed by atoms with Crippen molar-refractivity contribution in [3.8, 4) is 5.69 Å². The van der Waals surface area contributed by atoms with E-state index >= 15 is 0 Å². The lowest BCUT2D eigenvalue weighted by Crippen LogP contribution is -1.95. The van der Waals surface area contributed by atoms with Crippen LogP contribution >= 0.6 is 11.3 Å². The molecule has 3 aromatic heterocycles. The molecule has 3 heterocycles. The normalized spacial score (nSPS) is 12.4. The molecule has 11 aromatic rings. The van der Waals surface area contributed by atoms with E-state index in [1.54, 1.807) is 0 Å². The topological polar surface area (TPSA) is 20.7 Å². The van der Waals surface area contributed by atoms with Crippen LogP contribution in [-0.4, -0.2) is 9.55 Å². The van der Waals surface area contributed by atoms with Gasteiger partial charge in [0.15, 0.2) is 0 Å². The second-order valence-electron chi connectivity index (χ2n) is 12.1. The maximum absolute atomic E-state index is 3.84. The average Bonchev–Trinajstić information content (AvgIpc) is 3.78. The molecule has 0 saturated carbocycles. The van der Waals surface area contributed by atoms with Gasteiger partial charge in [0.2, 0.25) is 0 Å². The molecule has 0 aliphatic heterocycles. The molecule has 3 heteroatoms. The summed E-state index contributed by atoms with van der Waals surface area (Å²) in [6, 6.07) is 51.5. The van der Waals surface area contributed by atoms with Crippen molar-refractivity contribution in [1.29, 1.82) is 0 Å². The number of rotatable bonds is 1. The van der Waals surface area contributed by atoms with Gasteiger partial charge in [-0.2, -0.15) is 0 Å². The van der Waals surface area contributed by atoms with Crippen molar-refractivity contribution >= 4 is 107 Å². The number of hydrogen-bond acceptors (Lipinski definition) is 1. The van der Waals surface area contributed by atoms with E-state index in [1.807, 2.05) is 11.3 Å². The largest absolute Gasteiger partial charge is 0.354 e. The fraction of sp³-hybridized carbons (Fsp3) is 0. The van der Waals surface area contributed by atoms with Crippen LogP contribution in [-0.2, 0) is 0 Å². The Morgan fingerprint density at radius 1 is 0.422 bits per heavy atom. The summed E-state index contributed by atoms with van der Waals surface area (Å²) in [5, 5.41) is 15.6. The molecule has 0 spiro atoms. The van der Waals surface area contributed by atoms with Crippen molar-refractivity contribution in [2.24, 2.45) is 0 Å². The van der Waals surface area contributed by atoms with E-state index in [-0.39, 0.29) is 0 Å². The summed E-state index contributed by atoms with van der Waals surface area (Å²) in [6.45, 7) is 0. The first-order valence-electron chi connectivity index (χ1n) is 15.5. The number of fused-ring (bicyclic) bond motifs is 18. The highest BCUT2D eigenvalue weighted by molar-refractivity contribution is 7.25. The minimum absolute atomic E-state index is 1.17. The molecule has 0 radical (unpaired) electrons. The third-order valence-electron chi connectivity index (χ3n) is 9.87. The minimum atomic E-state index is 1.17. The Balaban J connectivity index is 1.46. The summed E-state index contributed by atoms with van der Waals surface area (Å²) in [5.74, 6) is 0. The molecule has 208 valence electrons. The summed E-state index contributed by atoms with van der Waals surface area (Å²) >= 11 is 1.87. The van der Waals surface area contributed by atoms with Crippen LogP contribution in [0.25, 0.3) is 102 Å². The van der Waals surface area contributed by atoms with Crippen molar-refractivity contribution in [1.82, 2.24) is 9.55 Å². The molecule has 2 nitrogen and oxygen atoms in total. The average molecular weight is 589 g/mol. The van der Waals surface area contributed by atoms with Crippen molar-refractivity contribution in [2.75, 3.05) is 0 Å². The highest BCUT2D eigenvalue weighted by Gasteiger charge is 2.24. The Hall–Kier alpha value is -5.64. The number of H-pyrrole nitrogens is 1. The number of para-hydroxylation sites is 2. The molecule has 0 bridgehead atoms. The minimum Gasteiger partial charge on any atom is -0.354 e. The van der Waals surface area contributed by atoms with Crippen LogP contribution in [0.2, 0.25) is 0 Å². The zero-order valence-electron chi connectivity index (χ0n) is 24.1. The SMILES string of the molecule is c1ccc2c(c1)[nH]c1c3ccccc3c3c4ccccc4c4c(c5ccccc5n4-c4ccc5sc6ccccc6c5c4)c3c21. The van der Waals surface area contributed by atoms with Crippen LogP contribution in [0.3, 0.4) is 0 Å². The summed E-state index contributed by atoms with van der Waals surface area (Å²) < 4.78 is 5.17. The molecule has 11 rings (SSSR count). The molecule has 0 atom stereocenters. The van der Waals surface area contributed by atoms with Crippen LogP contribution in [0.1, 0.15) is 0 Å². The molecule has 0 aliphatic rings. The Morgan fingerprint density at radius 3 is 1.89 bits per heavy atom. The predicted octanol–water partition coefficient (Wildman–Crippen LogP) is 12.2. The summed E-state index contributed by atoms with van der Waals surface area (Å²) in [6.07, 6.45) is 0. The Morgan fingerprint density at radius 2 is 1.04 bits per heavy atom. The van der Waals surface area contributed by atoms with E-state index in [2.05, 4.69) is 149 Å². The maximum Gasteiger partial charge on any atom is 0.0626 e. The molecular weight excluding hydrogens is 565 g/mol. The van der Waals surface area contributed by atoms with Crippen molar-refractivity contribution in [2.45, 2.75) is 0 Å². The van der Waals surface area contributed by atoms with Gasteiger partial charge in [-0.15, -0.1) is 11.3 Å². The van der Waals surface area contributed by atoms with E-state index < -0.39 is 0 Å². The zero-order valence-corrected chi connectivity index (χ0v) is 25.0. The maximum atomic E-state index is 3.84.